The summed E-state index contributed by atoms with van der Waals surface area (Å²) in [7, 11) is 0. The standard InChI is InChI=1S/C11H12BrNO2/c1-7-6-8(12)2-3-9(7)13-11(14)10-4-5-15-10/h2-3,6,10H,4-5H2,1H3,(H,13,14)/t10-/m0/s1. The fourth-order valence-corrected chi connectivity index (χ4v) is 1.90. The molecule has 0 spiro atoms. The van der Waals surface area contributed by atoms with Crippen LogP contribution in [0.25, 0.3) is 0 Å². The predicted molar refractivity (Wildman–Crippen MR) is 61.9 cm³/mol. The molecule has 0 bridgehead atoms. The minimum atomic E-state index is -0.256. The summed E-state index contributed by atoms with van der Waals surface area (Å²) in [4.78, 5) is 11.6. The van der Waals surface area contributed by atoms with E-state index in [9.17, 15) is 4.79 Å². The van der Waals surface area contributed by atoms with E-state index in [1.807, 2.05) is 25.1 Å². The average Bonchev–Trinajstić information content (AvgIpc) is 2.07. The van der Waals surface area contributed by atoms with Gasteiger partial charge in [-0.05, 0) is 30.7 Å². The number of ether oxygens (including phenoxy) is 1. The Kier molecular flexibility index (Phi) is 3.07. The number of hydrogen-bond acceptors (Lipinski definition) is 2. The van der Waals surface area contributed by atoms with Crippen LogP contribution in [0.15, 0.2) is 22.7 Å². The minimum Gasteiger partial charge on any atom is -0.368 e. The number of anilines is 1. The van der Waals surface area contributed by atoms with Crippen LogP contribution in [-0.2, 0) is 9.53 Å². The molecule has 0 saturated carbocycles. The molecule has 1 N–H and O–H groups in total. The number of carbonyl (C=O) groups is 1. The molecule has 1 aromatic rings. The number of carbonyl (C=O) groups excluding carboxylic acids is 1. The molecule has 1 heterocycles. The third-order valence-electron chi connectivity index (χ3n) is 2.44. The topological polar surface area (TPSA) is 38.3 Å². The lowest BCUT2D eigenvalue weighted by Crippen LogP contribution is -2.39. The molecular weight excluding hydrogens is 258 g/mol. The molecule has 1 aliphatic rings. The van der Waals surface area contributed by atoms with E-state index in [4.69, 9.17) is 4.74 Å². The third-order valence-corrected chi connectivity index (χ3v) is 2.93. The van der Waals surface area contributed by atoms with Crippen molar-refractivity contribution in [1.29, 1.82) is 0 Å². The van der Waals surface area contributed by atoms with Crippen molar-refractivity contribution in [3.05, 3.63) is 28.2 Å². The van der Waals surface area contributed by atoms with Gasteiger partial charge in [0.1, 0.15) is 6.10 Å². The predicted octanol–water partition coefficient (Wildman–Crippen LogP) is 2.48. The average molecular weight is 270 g/mol. The van der Waals surface area contributed by atoms with Gasteiger partial charge in [-0.1, -0.05) is 15.9 Å². The maximum absolute atomic E-state index is 11.6. The number of hydrogen-bond donors (Lipinski definition) is 1. The van der Waals surface area contributed by atoms with Gasteiger partial charge >= 0.3 is 0 Å². The van der Waals surface area contributed by atoms with Crippen molar-refractivity contribution < 1.29 is 9.53 Å². The second kappa shape index (κ2) is 4.33. The maximum atomic E-state index is 11.6. The monoisotopic (exact) mass is 269 g/mol. The maximum Gasteiger partial charge on any atom is 0.253 e. The van der Waals surface area contributed by atoms with Crippen molar-refractivity contribution in [2.45, 2.75) is 19.4 Å². The lowest BCUT2D eigenvalue weighted by molar-refractivity contribution is -0.139. The smallest absolute Gasteiger partial charge is 0.253 e. The van der Waals surface area contributed by atoms with Crippen LogP contribution in [0, 0.1) is 6.92 Å². The van der Waals surface area contributed by atoms with E-state index in [1.165, 1.54) is 0 Å². The highest BCUT2D eigenvalue weighted by atomic mass is 79.9. The highest BCUT2D eigenvalue weighted by molar-refractivity contribution is 9.10. The molecule has 2 rings (SSSR count). The van der Waals surface area contributed by atoms with Crippen LogP contribution >= 0.6 is 15.9 Å². The lowest BCUT2D eigenvalue weighted by atomic mass is 10.1. The molecule has 0 aliphatic carbocycles. The van der Waals surface area contributed by atoms with E-state index in [0.717, 1.165) is 22.1 Å². The summed E-state index contributed by atoms with van der Waals surface area (Å²) in [6, 6.07) is 5.76. The largest absolute Gasteiger partial charge is 0.368 e. The van der Waals surface area contributed by atoms with Crippen molar-refractivity contribution in [3.8, 4) is 0 Å². The van der Waals surface area contributed by atoms with Gasteiger partial charge in [0.05, 0.1) is 6.61 Å². The molecule has 15 heavy (non-hydrogen) atoms. The first-order valence-corrected chi connectivity index (χ1v) is 5.65. The lowest BCUT2D eigenvalue weighted by Gasteiger charge is -2.25. The molecule has 0 unspecified atom stereocenters. The van der Waals surface area contributed by atoms with Crippen LogP contribution in [0.4, 0.5) is 5.69 Å². The van der Waals surface area contributed by atoms with Gasteiger partial charge in [0, 0.05) is 16.6 Å². The van der Waals surface area contributed by atoms with Crippen molar-refractivity contribution in [2.75, 3.05) is 11.9 Å². The van der Waals surface area contributed by atoms with Crippen molar-refractivity contribution in [2.24, 2.45) is 0 Å². The van der Waals surface area contributed by atoms with Gasteiger partial charge in [-0.3, -0.25) is 4.79 Å². The van der Waals surface area contributed by atoms with E-state index in [-0.39, 0.29) is 12.0 Å². The second-order valence-electron chi connectivity index (χ2n) is 3.60. The highest BCUT2D eigenvalue weighted by Crippen LogP contribution is 2.21. The van der Waals surface area contributed by atoms with Gasteiger partial charge in [0.15, 0.2) is 0 Å². The van der Waals surface area contributed by atoms with Gasteiger partial charge in [0.25, 0.3) is 5.91 Å². The molecule has 3 nitrogen and oxygen atoms in total. The summed E-state index contributed by atoms with van der Waals surface area (Å²) in [6.45, 7) is 2.65. The van der Waals surface area contributed by atoms with E-state index in [2.05, 4.69) is 21.2 Å². The van der Waals surface area contributed by atoms with Crippen molar-refractivity contribution in [1.82, 2.24) is 0 Å². The Hall–Kier alpha value is -0.870. The zero-order valence-corrected chi connectivity index (χ0v) is 10.0. The summed E-state index contributed by atoms with van der Waals surface area (Å²) in [5.74, 6) is -0.0494. The fourth-order valence-electron chi connectivity index (χ4n) is 1.42. The van der Waals surface area contributed by atoms with Gasteiger partial charge in [-0.25, -0.2) is 0 Å². The molecule has 1 aromatic carbocycles. The first kappa shape index (κ1) is 10.6. The molecule has 80 valence electrons. The normalized spacial score (nSPS) is 19.5. The molecule has 0 aromatic heterocycles. The van der Waals surface area contributed by atoms with Gasteiger partial charge < -0.3 is 10.1 Å². The summed E-state index contributed by atoms with van der Waals surface area (Å²) in [6.07, 6.45) is 0.564. The summed E-state index contributed by atoms with van der Waals surface area (Å²) in [5, 5.41) is 2.85. The zero-order chi connectivity index (χ0) is 10.8. The Bertz CT molecular complexity index is 388. The SMILES string of the molecule is Cc1cc(Br)ccc1NC(=O)[C@@H]1CCO1. The van der Waals surface area contributed by atoms with Crippen LogP contribution in [0.2, 0.25) is 0 Å². The number of amides is 1. The van der Waals surface area contributed by atoms with Crippen molar-refractivity contribution in [3.63, 3.8) is 0 Å². The quantitative estimate of drug-likeness (QED) is 0.896. The second-order valence-corrected chi connectivity index (χ2v) is 4.51. The number of nitrogens with one attached hydrogen (secondary N) is 1. The van der Waals surface area contributed by atoms with Crippen molar-refractivity contribution >= 4 is 27.5 Å². The molecule has 1 aliphatic heterocycles. The number of halogens is 1. The summed E-state index contributed by atoms with van der Waals surface area (Å²) >= 11 is 3.38. The van der Waals surface area contributed by atoms with E-state index in [0.29, 0.717) is 6.61 Å². The van der Waals surface area contributed by atoms with E-state index >= 15 is 0 Å². The molecule has 1 saturated heterocycles. The minimum absolute atomic E-state index is 0.0494. The molecule has 4 heteroatoms. The third kappa shape index (κ3) is 2.38. The first-order chi connectivity index (χ1) is 7.16. The van der Waals surface area contributed by atoms with E-state index < -0.39 is 0 Å². The first-order valence-electron chi connectivity index (χ1n) is 4.85. The van der Waals surface area contributed by atoms with Crippen LogP contribution in [-0.4, -0.2) is 18.6 Å². The Labute approximate surface area is 96.9 Å². The molecule has 1 fully saturated rings. The van der Waals surface area contributed by atoms with Crippen LogP contribution in [0.3, 0.4) is 0 Å². The van der Waals surface area contributed by atoms with Gasteiger partial charge in [0.2, 0.25) is 0 Å². The Morgan fingerprint density at radius 2 is 2.33 bits per heavy atom. The van der Waals surface area contributed by atoms with E-state index in [1.54, 1.807) is 0 Å². The highest BCUT2D eigenvalue weighted by Gasteiger charge is 2.26. The molecule has 0 radical (unpaired) electrons. The van der Waals surface area contributed by atoms with Gasteiger partial charge in [-0.15, -0.1) is 0 Å². The molecule has 1 atom stereocenters. The fraction of sp³-hybridized carbons (Fsp3) is 0.364. The van der Waals surface area contributed by atoms with Crippen LogP contribution in [0.1, 0.15) is 12.0 Å². The summed E-state index contributed by atoms with van der Waals surface area (Å²) < 4.78 is 6.12. The molecule has 1 amide bonds. The molecular formula is C11H12BrNO2. The number of benzene rings is 1. The number of aryl methyl sites for hydroxylation is 1. The number of rotatable bonds is 2. The van der Waals surface area contributed by atoms with Crippen LogP contribution in [0.5, 0.6) is 0 Å². The Morgan fingerprint density at radius 1 is 1.60 bits per heavy atom. The van der Waals surface area contributed by atoms with Crippen LogP contribution < -0.4 is 5.32 Å². The van der Waals surface area contributed by atoms with Gasteiger partial charge in [-0.2, -0.15) is 0 Å². The summed E-state index contributed by atoms with van der Waals surface area (Å²) in [5.41, 5.74) is 1.88. The Morgan fingerprint density at radius 3 is 2.87 bits per heavy atom. The Balaban J connectivity index is 2.06. The zero-order valence-electron chi connectivity index (χ0n) is 8.42.